The number of ether oxygens (including phenoxy) is 1. The number of nitro groups is 1. The van der Waals surface area contributed by atoms with Crippen molar-refractivity contribution in [2.24, 2.45) is 0 Å². The van der Waals surface area contributed by atoms with Crippen LogP contribution in [0.1, 0.15) is 6.92 Å². The van der Waals surface area contributed by atoms with Gasteiger partial charge in [-0.15, -0.1) is 0 Å². The fourth-order valence-electron chi connectivity index (χ4n) is 1.18. The van der Waals surface area contributed by atoms with Crippen LogP contribution in [0.4, 0.5) is 11.6 Å². The summed E-state index contributed by atoms with van der Waals surface area (Å²) in [7, 11) is 1.54. The van der Waals surface area contributed by atoms with E-state index in [-0.39, 0.29) is 17.5 Å². The number of carbonyl (C=O) groups is 1. The molecule has 0 aromatic carbocycles. The highest BCUT2D eigenvalue weighted by Gasteiger charge is 2.14. The van der Waals surface area contributed by atoms with Gasteiger partial charge in [-0.05, 0) is 6.92 Å². The number of hydrogen-bond acceptors (Lipinski definition) is 7. The molecule has 9 heteroatoms. The number of aromatic nitrogens is 2. The molecule has 104 valence electrons. The van der Waals surface area contributed by atoms with Gasteiger partial charge in [0.25, 0.3) is 0 Å². The highest BCUT2D eigenvalue weighted by molar-refractivity contribution is 5.83. The van der Waals surface area contributed by atoms with Crippen molar-refractivity contribution in [3.05, 3.63) is 22.5 Å². The maximum atomic E-state index is 11.6. The number of rotatable bonds is 7. The zero-order valence-corrected chi connectivity index (χ0v) is 10.6. The molecule has 1 unspecified atom stereocenters. The number of nitrogens with zero attached hydrogens (tertiary/aromatic N) is 3. The lowest BCUT2D eigenvalue weighted by Gasteiger charge is -2.13. The Kier molecular flexibility index (Phi) is 5.61. The number of methoxy groups -OCH3 is 1. The minimum atomic E-state index is -0.593. The van der Waals surface area contributed by atoms with Gasteiger partial charge < -0.3 is 15.4 Å². The third kappa shape index (κ3) is 4.84. The van der Waals surface area contributed by atoms with Crippen LogP contribution in [0.25, 0.3) is 0 Å². The first kappa shape index (κ1) is 14.8. The van der Waals surface area contributed by atoms with E-state index in [2.05, 4.69) is 20.6 Å². The average Bonchev–Trinajstić information content (AvgIpc) is 2.39. The van der Waals surface area contributed by atoms with Gasteiger partial charge in [-0.2, -0.15) is 0 Å². The summed E-state index contributed by atoms with van der Waals surface area (Å²) in [6.07, 6.45) is 2.15. The molecule has 1 amide bonds. The molecule has 0 radical (unpaired) electrons. The van der Waals surface area contributed by atoms with Gasteiger partial charge in [0.2, 0.25) is 11.9 Å². The van der Waals surface area contributed by atoms with Crippen LogP contribution in [0.3, 0.4) is 0 Å². The summed E-state index contributed by atoms with van der Waals surface area (Å²) in [4.78, 5) is 28.9. The second-order valence-corrected chi connectivity index (χ2v) is 3.67. The van der Waals surface area contributed by atoms with Crippen LogP contribution in [-0.2, 0) is 9.53 Å². The van der Waals surface area contributed by atoms with Crippen LogP contribution < -0.4 is 10.6 Å². The Morgan fingerprint density at radius 2 is 2.16 bits per heavy atom. The number of anilines is 1. The lowest BCUT2D eigenvalue weighted by molar-refractivity contribution is -0.385. The van der Waals surface area contributed by atoms with Crippen molar-refractivity contribution in [1.82, 2.24) is 15.3 Å². The van der Waals surface area contributed by atoms with Crippen molar-refractivity contribution >= 4 is 17.5 Å². The third-order valence-corrected chi connectivity index (χ3v) is 2.19. The molecule has 0 aliphatic heterocycles. The number of nitrogens with one attached hydrogen (secondary N) is 2. The Morgan fingerprint density at radius 1 is 1.53 bits per heavy atom. The number of amides is 1. The topological polar surface area (TPSA) is 119 Å². The van der Waals surface area contributed by atoms with E-state index in [0.717, 1.165) is 12.4 Å². The molecule has 0 aliphatic rings. The summed E-state index contributed by atoms with van der Waals surface area (Å²) in [6, 6.07) is -0.557. The predicted molar refractivity (Wildman–Crippen MR) is 66.7 cm³/mol. The zero-order chi connectivity index (χ0) is 14.3. The Hall–Kier alpha value is -2.29. The van der Waals surface area contributed by atoms with Crippen LogP contribution in [0.2, 0.25) is 0 Å². The first-order valence-electron chi connectivity index (χ1n) is 5.54. The molecule has 2 N–H and O–H groups in total. The number of carbonyl (C=O) groups excluding carboxylic acids is 1. The van der Waals surface area contributed by atoms with E-state index in [4.69, 9.17) is 4.74 Å². The van der Waals surface area contributed by atoms with Gasteiger partial charge in [-0.25, -0.2) is 9.97 Å². The molecule has 1 rings (SSSR count). The first-order chi connectivity index (χ1) is 9.04. The van der Waals surface area contributed by atoms with Gasteiger partial charge in [0.15, 0.2) is 0 Å². The van der Waals surface area contributed by atoms with E-state index in [9.17, 15) is 14.9 Å². The maximum Gasteiger partial charge on any atom is 0.305 e. The van der Waals surface area contributed by atoms with Crippen molar-refractivity contribution in [3.63, 3.8) is 0 Å². The monoisotopic (exact) mass is 269 g/mol. The summed E-state index contributed by atoms with van der Waals surface area (Å²) in [5.41, 5.74) is -0.206. The Labute approximate surface area is 109 Å². The standard InChI is InChI=1S/C10H15N5O4/c1-7(9(16)11-3-4-19-2)14-10-12-5-8(6-13-10)15(17)18/h5-7H,3-4H2,1-2H3,(H,11,16)(H,12,13,14). The fraction of sp³-hybridized carbons (Fsp3) is 0.500. The second-order valence-electron chi connectivity index (χ2n) is 3.67. The van der Waals surface area contributed by atoms with Gasteiger partial charge in [-0.1, -0.05) is 0 Å². The van der Waals surface area contributed by atoms with Crippen LogP contribution in [0.5, 0.6) is 0 Å². The van der Waals surface area contributed by atoms with Gasteiger partial charge in [0, 0.05) is 13.7 Å². The molecule has 0 aliphatic carbocycles. The molecule has 0 bridgehead atoms. The zero-order valence-electron chi connectivity index (χ0n) is 10.6. The molecule has 1 aromatic heterocycles. The van der Waals surface area contributed by atoms with Gasteiger partial charge in [-0.3, -0.25) is 14.9 Å². The highest BCUT2D eigenvalue weighted by atomic mass is 16.6. The van der Waals surface area contributed by atoms with Crippen molar-refractivity contribution in [1.29, 1.82) is 0 Å². The van der Waals surface area contributed by atoms with Crippen LogP contribution in [0.15, 0.2) is 12.4 Å². The van der Waals surface area contributed by atoms with Gasteiger partial charge in [0.1, 0.15) is 18.4 Å². The molecular weight excluding hydrogens is 254 g/mol. The lowest BCUT2D eigenvalue weighted by Crippen LogP contribution is -2.39. The highest BCUT2D eigenvalue weighted by Crippen LogP contribution is 2.08. The molecular formula is C10H15N5O4. The van der Waals surface area contributed by atoms with Crippen molar-refractivity contribution in [2.75, 3.05) is 25.6 Å². The molecule has 0 saturated carbocycles. The summed E-state index contributed by atoms with van der Waals surface area (Å²) in [6.45, 7) is 2.46. The van der Waals surface area contributed by atoms with Crippen molar-refractivity contribution in [2.45, 2.75) is 13.0 Å². The molecule has 9 nitrogen and oxygen atoms in total. The average molecular weight is 269 g/mol. The van der Waals surface area contributed by atoms with Gasteiger partial charge >= 0.3 is 5.69 Å². The largest absolute Gasteiger partial charge is 0.383 e. The summed E-state index contributed by atoms with van der Waals surface area (Å²) in [5, 5.41) is 15.8. The molecule has 0 spiro atoms. The third-order valence-electron chi connectivity index (χ3n) is 2.19. The van der Waals surface area contributed by atoms with E-state index >= 15 is 0 Å². The fourth-order valence-corrected chi connectivity index (χ4v) is 1.18. The maximum absolute atomic E-state index is 11.6. The quantitative estimate of drug-likeness (QED) is 0.404. The molecule has 1 aromatic rings. The van der Waals surface area contributed by atoms with E-state index < -0.39 is 11.0 Å². The smallest absolute Gasteiger partial charge is 0.305 e. The summed E-state index contributed by atoms with van der Waals surface area (Å²) < 4.78 is 4.80. The molecule has 19 heavy (non-hydrogen) atoms. The second kappa shape index (κ2) is 7.21. The molecule has 1 heterocycles. The minimum absolute atomic E-state index is 0.153. The number of hydrogen-bond donors (Lipinski definition) is 2. The Balaban J connectivity index is 2.49. The Morgan fingerprint density at radius 3 is 2.68 bits per heavy atom. The van der Waals surface area contributed by atoms with Crippen molar-refractivity contribution < 1.29 is 14.5 Å². The van der Waals surface area contributed by atoms with Gasteiger partial charge in [0.05, 0.1) is 11.5 Å². The SMILES string of the molecule is COCCNC(=O)C(C)Nc1ncc([N+](=O)[O-])cn1. The van der Waals surface area contributed by atoms with E-state index in [1.807, 2.05) is 0 Å². The first-order valence-corrected chi connectivity index (χ1v) is 5.54. The predicted octanol–water partition coefficient (Wildman–Crippen LogP) is -0.0522. The van der Waals surface area contributed by atoms with E-state index in [1.54, 1.807) is 14.0 Å². The van der Waals surface area contributed by atoms with Crippen LogP contribution >= 0.6 is 0 Å². The van der Waals surface area contributed by atoms with E-state index in [1.165, 1.54) is 0 Å². The molecule has 1 atom stereocenters. The summed E-state index contributed by atoms with van der Waals surface area (Å²) >= 11 is 0. The lowest BCUT2D eigenvalue weighted by atomic mass is 10.3. The molecule has 0 saturated heterocycles. The van der Waals surface area contributed by atoms with Crippen LogP contribution in [0, 0.1) is 10.1 Å². The Bertz CT molecular complexity index is 436. The molecule has 0 fully saturated rings. The van der Waals surface area contributed by atoms with Crippen LogP contribution in [-0.4, -0.2) is 47.1 Å². The van der Waals surface area contributed by atoms with Crippen molar-refractivity contribution in [3.8, 4) is 0 Å². The van der Waals surface area contributed by atoms with E-state index in [0.29, 0.717) is 13.2 Å². The normalized spacial score (nSPS) is 11.7. The summed E-state index contributed by atoms with van der Waals surface area (Å²) in [5.74, 6) is -0.0843. The minimum Gasteiger partial charge on any atom is -0.383 e.